The summed E-state index contributed by atoms with van der Waals surface area (Å²) in [7, 11) is 2.08. The van der Waals surface area contributed by atoms with Crippen molar-refractivity contribution in [2.75, 3.05) is 23.0 Å². The molecule has 1 saturated heterocycles. The predicted octanol–water partition coefficient (Wildman–Crippen LogP) is 2.56. The molecule has 2 heterocycles. The summed E-state index contributed by atoms with van der Waals surface area (Å²) in [6.45, 7) is 4.53. The van der Waals surface area contributed by atoms with Crippen LogP contribution in [0.2, 0.25) is 0 Å². The topological polar surface area (TPSA) is 29.9 Å². The van der Waals surface area contributed by atoms with Gasteiger partial charge in [-0.1, -0.05) is 13.8 Å². The van der Waals surface area contributed by atoms with Crippen LogP contribution >= 0.6 is 23.5 Å². The lowest BCUT2D eigenvalue weighted by atomic mass is 10.0. The standard InChI is InChI=1S/C13H23N3S2/c1-10(2)12(13-14-4-5-16(13)3)15-11-8-17-6-7-18-9-11/h4-5,10-12,15H,6-9H2,1-3H3/t12-/m0/s1. The van der Waals surface area contributed by atoms with E-state index in [0.29, 0.717) is 18.0 Å². The number of rotatable bonds is 4. The number of nitrogens with zero attached hydrogens (tertiary/aromatic N) is 2. The summed E-state index contributed by atoms with van der Waals surface area (Å²) in [5.74, 6) is 6.74. The summed E-state index contributed by atoms with van der Waals surface area (Å²) < 4.78 is 2.13. The minimum Gasteiger partial charge on any atom is -0.337 e. The van der Waals surface area contributed by atoms with E-state index < -0.39 is 0 Å². The molecule has 0 aliphatic carbocycles. The zero-order valence-corrected chi connectivity index (χ0v) is 13.1. The van der Waals surface area contributed by atoms with Gasteiger partial charge in [0, 0.05) is 48.5 Å². The van der Waals surface area contributed by atoms with Gasteiger partial charge >= 0.3 is 0 Å². The molecule has 1 aromatic rings. The Hall–Kier alpha value is -0.130. The van der Waals surface area contributed by atoms with Gasteiger partial charge < -0.3 is 9.88 Å². The third kappa shape index (κ3) is 3.68. The second kappa shape index (κ2) is 6.87. The van der Waals surface area contributed by atoms with Crippen LogP contribution in [0.1, 0.15) is 25.7 Å². The fraction of sp³-hybridized carbons (Fsp3) is 0.769. The van der Waals surface area contributed by atoms with E-state index in [-0.39, 0.29) is 0 Å². The predicted molar refractivity (Wildman–Crippen MR) is 82.4 cm³/mol. The third-order valence-electron chi connectivity index (χ3n) is 3.23. The van der Waals surface area contributed by atoms with Gasteiger partial charge in [0.15, 0.2) is 0 Å². The van der Waals surface area contributed by atoms with Gasteiger partial charge in [-0.15, -0.1) is 0 Å². The summed E-state index contributed by atoms with van der Waals surface area (Å²) >= 11 is 4.14. The van der Waals surface area contributed by atoms with E-state index in [4.69, 9.17) is 0 Å². The molecule has 1 N–H and O–H groups in total. The van der Waals surface area contributed by atoms with Crippen molar-refractivity contribution in [1.29, 1.82) is 0 Å². The van der Waals surface area contributed by atoms with Gasteiger partial charge in [0.2, 0.25) is 0 Å². The second-order valence-corrected chi connectivity index (χ2v) is 7.43. The Bertz CT molecular complexity index is 357. The van der Waals surface area contributed by atoms with Gasteiger partial charge in [-0.05, 0) is 5.92 Å². The molecule has 0 unspecified atom stereocenters. The minimum absolute atomic E-state index is 0.356. The summed E-state index contributed by atoms with van der Waals surface area (Å²) in [4.78, 5) is 4.51. The van der Waals surface area contributed by atoms with Crippen LogP contribution in [0.4, 0.5) is 0 Å². The van der Waals surface area contributed by atoms with E-state index in [9.17, 15) is 0 Å². The first kappa shape index (κ1) is 14.3. The number of nitrogens with one attached hydrogen (secondary N) is 1. The zero-order chi connectivity index (χ0) is 13.0. The molecular weight excluding hydrogens is 262 g/mol. The molecule has 0 aromatic carbocycles. The maximum atomic E-state index is 4.51. The maximum absolute atomic E-state index is 4.51. The SMILES string of the molecule is CC(C)[C@H](NC1CSCCSC1)c1nccn1C. The molecule has 0 radical (unpaired) electrons. The van der Waals surface area contributed by atoms with Gasteiger partial charge in [-0.2, -0.15) is 23.5 Å². The van der Waals surface area contributed by atoms with Crippen LogP contribution < -0.4 is 5.32 Å². The van der Waals surface area contributed by atoms with Crippen LogP contribution in [0, 0.1) is 5.92 Å². The quantitative estimate of drug-likeness (QED) is 0.921. The first-order valence-corrected chi connectivity index (χ1v) is 8.88. The number of hydrogen-bond donors (Lipinski definition) is 1. The molecule has 1 aromatic heterocycles. The molecule has 1 atom stereocenters. The monoisotopic (exact) mass is 285 g/mol. The van der Waals surface area contributed by atoms with Crippen LogP contribution in [0.3, 0.4) is 0 Å². The Labute approximate surface area is 119 Å². The van der Waals surface area contributed by atoms with Gasteiger partial charge in [0.05, 0.1) is 6.04 Å². The van der Waals surface area contributed by atoms with Gasteiger partial charge in [0.25, 0.3) is 0 Å². The van der Waals surface area contributed by atoms with Crippen molar-refractivity contribution in [1.82, 2.24) is 14.9 Å². The van der Waals surface area contributed by atoms with Crippen LogP contribution in [0.25, 0.3) is 0 Å². The highest BCUT2D eigenvalue weighted by molar-refractivity contribution is 8.03. The molecular formula is C13H23N3S2. The molecule has 102 valence electrons. The first-order chi connectivity index (χ1) is 8.68. The lowest BCUT2D eigenvalue weighted by Crippen LogP contribution is -2.39. The van der Waals surface area contributed by atoms with Gasteiger partial charge in [-0.25, -0.2) is 4.98 Å². The van der Waals surface area contributed by atoms with E-state index in [0.717, 1.165) is 5.82 Å². The first-order valence-electron chi connectivity index (χ1n) is 6.57. The van der Waals surface area contributed by atoms with Crippen molar-refractivity contribution >= 4 is 23.5 Å². The minimum atomic E-state index is 0.356. The Morgan fingerprint density at radius 2 is 2.00 bits per heavy atom. The third-order valence-corrected chi connectivity index (χ3v) is 5.75. The Balaban J connectivity index is 2.04. The van der Waals surface area contributed by atoms with Crippen molar-refractivity contribution in [2.45, 2.75) is 25.9 Å². The second-order valence-electron chi connectivity index (χ2n) is 5.13. The lowest BCUT2D eigenvalue weighted by molar-refractivity contribution is 0.363. The molecule has 0 saturated carbocycles. The Morgan fingerprint density at radius 1 is 1.33 bits per heavy atom. The van der Waals surface area contributed by atoms with Crippen molar-refractivity contribution in [3.05, 3.63) is 18.2 Å². The number of hydrogen-bond acceptors (Lipinski definition) is 4. The normalized spacial score (nSPS) is 20.0. The van der Waals surface area contributed by atoms with Crippen molar-refractivity contribution in [2.24, 2.45) is 13.0 Å². The molecule has 1 fully saturated rings. The summed E-state index contributed by atoms with van der Waals surface area (Å²) in [5, 5.41) is 3.81. The molecule has 1 aliphatic heterocycles. The van der Waals surface area contributed by atoms with Crippen LogP contribution in [0.5, 0.6) is 0 Å². The number of aryl methyl sites for hydroxylation is 1. The van der Waals surface area contributed by atoms with Crippen molar-refractivity contribution in [3.63, 3.8) is 0 Å². The van der Waals surface area contributed by atoms with Crippen LogP contribution in [-0.2, 0) is 7.05 Å². The van der Waals surface area contributed by atoms with Crippen molar-refractivity contribution < 1.29 is 0 Å². The van der Waals surface area contributed by atoms with E-state index in [1.54, 1.807) is 0 Å². The van der Waals surface area contributed by atoms with Gasteiger partial charge in [0.1, 0.15) is 5.82 Å². The molecule has 0 amide bonds. The number of imidazole rings is 1. The molecule has 2 rings (SSSR count). The zero-order valence-electron chi connectivity index (χ0n) is 11.4. The lowest BCUT2D eigenvalue weighted by Gasteiger charge is -2.27. The fourth-order valence-electron chi connectivity index (χ4n) is 2.21. The van der Waals surface area contributed by atoms with Crippen LogP contribution in [0.15, 0.2) is 12.4 Å². The highest BCUT2D eigenvalue weighted by Gasteiger charge is 2.24. The summed E-state index contributed by atoms with van der Waals surface area (Å²) in [6.07, 6.45) is 3.92. The average molecular weight is 285 g/mol. The largest absolute Gasteiger partial charge is 0.337 e. The summed E-state index contributed by atoms with van der Waals surface area (Å²) in [6, 6.07) is 0.959. The highest BCUT2D eigenvalue weighted by Crippen LogP contribution is 2.23. The number of aromatic nitrogens is 2. The van der Waals surface area contributed by atoms with Gasteiger partial charge in [-0.3, -0.25) is 0 Å². The van der Waals surface area contributed by atoms with E-state index in [2.05, 4.69) is 59.3 Å². The molecule has 5 heteroatoms. The Kier molecular flexibility index (Phi) is 5.45. The van der Waals surface area contributed by atoms with E-state index in [1.807, 2.05) is 12.4 Å². The smallest absolute Gasteiger partial charge is 0.125 e. The van der Waals surface area contributed by atoms with Crippen molar-refractivity contribution in [3.8, 4) is 0 Å². The molecule has 18 heavy (non-hydrogen) atoms. The van der Waals surface area contributed by atoms with E-state index in [1.165, 1.54) is 23.0 Å². The maximum Gasteiger partial charge on any atom is 0.125 e. The number of thioether (sulfide) groups is 2. The molecule has 0 bridgehead atoms. The highest BCUT2D eigenvalue weighted by atomic mass is 32.2. The molecule has 0 spiro atoms. The summed E-state index contributed by atoms with van der Waals surface area (Å²) in [5.41, 5.74) is 0. The Morgan fingerprint density at radius 3 is 2.50 bits per heavy atom. The average Bonchev–Trinajstić information content (AvgIpc) is 2.62. The van der Waals surface area contributed by atoms with Crippen LogP contribution in [-0.4, -0.2) is 38.6 Å². The molecule has 3 nitrogen and oxygen atoms in total. The molecule has 1 aliphatic rings. The van der Waals surface area contributed by atoms with E-state index >= 15 is 0 Å². The fourth-order valence-corrected chi connectivity index (χ4v) is 4.63.